The molecule has 7 amide bonds. The molecular formula is C44H45N7O12S2. The average Bonchev–Trinajstić information content (AvgIpc) is 3.29. The Balaban J connectivity index is 0.000000557. The first-order valence-electron chi connectivity index (χ1n) is 20.0. The zero-order valence-corrected chi connectivity index (χ0v) is 36.6. The lowest BCUT2D eigenvalue weighted by molar-refractivity contribution is -0.155. The van der Waals surface area contributed by atoms with Crippen LogP contribution in [-0.2, 0) is 43.6 Å². The Morgan fingerprint density at radius 2 is 1.45 bits per heavy atom. The number of aryl methyl sites for hydroxylation is 1. The van der Waals surface area contributed by atoms with E-state index in [0.717, 1.165) is 10.5 Å². The second-order valence-corrected chi connectivity index (χ2v) is 17.3. The first-order valence-corrected chi connectivity index (χ1v) is 22.5. The van der Waals surface area contributed by atoms with Gasteiger partial charge < -0.3 is 36.5 Å². The fraction of sp³-hybridized carbons (Fsp3) is 0.250. The maximum atomic E-state index is 14.1. The molecule has 0 aromatic heterocycles. The van der Waals surface area contributed by atoms with Crippen molar-refractivity contribution in [3.05, 3.63) is 143 Å². The van der Waals surface area contributed by atoms with Gasteiger partial charge in [-0.05, 0) is 54.8 Å². The summed E-state index contributed by atoms with van der Waals surface area (Å²) in [6.45, 7) is 3.49. The number of piperazine rings is 1. The zero-order chi connectivity index (χ0) is 47.0. The molecule has 2 fully saturated rings. The predicted octanol–water partition coefficient (Wildman–Crippen LogP) is 3.03. The molecule has 0 aliphatic carbocycles. The highest BCUT2D eigenvalue weighted by Crippen LogP contribution is 2.42. The van der Waals surface area contributed by atoms with Crippen LogP contribution < -0.4 is 22.1 Å². The largest absolute Gasteiger partial charge is 0.448 e. The van der Waals surface area contributed by atoms with Crippen LogP contribution in [0.2, 0.25) is 0 Å². The predicted molar refractivity (Wildman–Crippen MR) is 235 cm³/mol. The Morgan fingerprint density at radius 1 is 0.846 bits per heavy atom. The molecule has 3 heterocycles. The van der Waals surface area contributed by atoms with Crippen molar-refractivity contribution in [2.75, 3.05) is 37.7 Å². The van der Waals surface area contributed by atoms with Crippen LogP contribution in [0, 0.1) is 6.92 Å². The molecule has 3 aliphatic heterocycles. The number of primary amides is 1. The van der Waals surface area contributed by atoms with Crippen LogP contribution in [0.4, 0.5) is 15.3 Å². The van der Waals surface area contributed by atoms with Gasteiger partial charge in [-0.1, -0.05) is 90.5 Å². The Kier molecular flexibility index (Phi) is 14.9. The minimum absolute atomic E-state index is 0.0666. The van der Waals surface area contributed by atoms with Gasteiger partial charge in [0.05, 0.1) is 4.90 Å². The molecule has 2 saturated heterocycles. The summed E-state index contributed by atoms with van der Waals surface area (Å²) in [7, 11) is -4.02. The standard InChI is InChI=1S/C37H37N7O9S.C7H8O3S/c1-2-42-17-18-43(33(48)32(42)47)37(51)41-26(21-13-15-25(38)16-14-21)30(45)40-27-31(46)44-28(24(19-52-36(39)50)20-54-34(27)44)35(49)53-29(22-9-5-3-6-10-22)23-11-7-4-8-12-23;1-6-2-4-7(5-3-6)11(8,9)10/h3-16,26-27,29,34H,2,17-20,38H2,1H3,(H2,39,50)(H,40,45)(H,41,51);2-5H,1H3,(H,8,9,10)/t26-,27-,34-;/m1./s1. The molecule has 0 bridgehead atoms. The van der Waals surface area contributed by atoms with Crippen molar-refractivity contribution < 1.29 is 56.0 Å². The number of nitrogens with two attached hydrogens (primary N) is 2. The van der Waals surface area contributed by atoms with Gasteiger partial charge in [0.25, 0.3) is 16.0 Å². The number of ether oxygens (including phenoxy) is 2. The van der Waals surface area contributed by atoms with E-state index in [1.807, 2.05) is 19.1 Å². The Hall–Kier alpha value is -7.23. The second-order valence-electron chi connectivity index (χ2n) is 14.7. The van der Waals surface area contributed by atoms with Crippen molar-refractivity contribution in [3.63, 3.8) is 0 Å². The van der Waals surface area contributed by atoms with Gasteiger partial charge in [0.2, 0.25) is 5.91 Å². The number of nitrogens with one attached hydrogen (secondary N) is 2. The average molecular weight is 928 g/mol. The molecule has 0 saturated carbocycles. The number of carbonyl (C=O) groups excluding carboxylic acids is 7. The minimum atomic E-state index is -4.02. The molecule has 0 spiro atoms. The zero-order valence-electron chi connectivity index (χ0n) is 35.0. The van der Waals surface area contributed by atoms with Gasteiger partial charge in [-0.25, -0.2) is 14.4 Å². The molecule has 0 radical (unpaired) electrons. The maximum absolute atomic E-state index is 14.1. The monoisotopic (exact) mass is 927 g/mol. The van der Waals surface area contributed by atoms with E-state index in [1.54, 1.807) is 67.6 Å². The van der Waals surface area contributed by atoms with Crippen LogP contribution in [-0.4, -0.2) is 113 Å². The smallest absolute Gasteiger partial charge is 0.404 e. The van der Waals surface area contributed by atoms with Crippen LogP contribution in [0.5, 0.6) is 0 Å². The first-order chi connectivity index (χ1) is 31.0. The number of nitrogens with zero attached hydrogens (tertiary/aromatic N) is 3. The fourth-order valence-electron chi connectivity index (χ4n) is 7.00. The number of anilines is 1. The molecule has 4 aromatic carbocycles. The summed E-state index contributed by atoms with van der Waals surface area (Å²) in [5.74, 6) is -4.11. The number of hydrogen-bond donors (Lipinski definition) is 5. The van der Waals surface area contributed by atoms with E-state index in [-0.39, 0.29) is 53.7 Å². The number of amides is 7. The van der Waals surface area contributed by atoms with E-state index in [1.165, 1.54) is 58.0 Å². The van der Waals surface area contributed by atoms with E-state index in [0.29, 0.717) is 16.8 Å². The highest BCUT2D eigenvalue weighted by Gasteiger charge is 2.55. The normalized spacial score (nSPS) is 17.5. The molecule has 7 N–H and O–H groups in total. The van der Waals surface area contributed by atoms with Crippen LogP contribution in [0.15, 0.2) is 125 Å². The fourth-order valence-corrected chi connectivity index (χ4v) is 8.80. The first kappa shape index (κ1) is 47.3. The van der Waals surface area contributed by atoms with Gasteiger partial charge >= 0.3 is 29.9 Å². The number of thioether (sulfide) groups is 1. The third-order valence-corrected chi connectivity index (χ3v) is 12.6. The van der Waals surface area contributed by atoms with Gasteiger partial charge in [0, 0.05) is 36.6 Å². The topological polar surface area (TPSA) is 278 Å². The molecule has 21 heteroatoms. The third-order valence-electron chi connectivity index (χ3n) is 10.4. The summed E-state index contributed by atoms with van der Waals surface area (Å²) in [5.41, 5.74) is 14.2. The molecule has 340 valence electrons. The number of carbonyl (C=O) groups is 7. The van der Waals surface area contributed by atoms with Crippen molar-refractivity contribution in [1.82, 2.24) is 25.3 Å². The molecule has 4 aromatic rings. The summed E-state index contributed by atoms with van der Waals surface area (Å²) in [5, 5.41) is 4.42. The molecule has 3 aliphatic rings. The highest BCUT2D eigenvalue weighted by molar-refractivity contribution is 8.00. The minimum Gasteiger partial charge on any atom is -0.448 e. The second kappa shape index (κ2) is 20.5. The summed E-state index contributed by atoms with van der Waals surface area (Å²) >= 11 is 1.20. The van der Waals surface area contributed by atoms with Gasteiger partial charge in [0.1, 0.15) is 29.8 Å². The summed E-state index contributed by atoms with van der Waals surface area (Å²) in [6, 6.07) is 26.5. The highest BCUT2D eigenvalue weighted by atomic mass is 32.2. The molecule has 65 heavy (non-hydrogen) atoms. The number of fused-ring (bicyclic) bond motifs is 1. The number of benzene rings is 4. The molecule has 19 nitrogen and oxygen atoms in total. The van der Waals surface area contributed by atoms with Gasteiger partial charge in [0.15, 0.2) is 6.10 Å². The quantitative estimate of drug-likeness (QED) is 0.0449. The Morgan fingerprint density at radius 3 is 2.00 bits per heavy atom. The molecule has 3 atom stereocenters. The summed E-state index contributed by atoms with van der Waals surface area (Å²) in [4.78, 5) is 95.2. The van der Waals surface area contributed by atoms with E-state index in [4.69, 9.17) is 25.5 Å². The number of rotatable bonds is 12. The third kappa shape index (κ3) is 11.1. The summed E-state index contributed by atoms with van der Waals surface area (Å²) < 4.78 is 40.7. The van der Waals surface area contributed by atoms with Crippen LogP contribution in [0.25, 0.3) is 0 Å². The van der Waals surface area contributed by atoms with Gasteiger partial charge in [-0.15, -0.1) is 11.8 Å². The van der Waals surface area contributed by atoms with Crippen molar-refractivity contribution >= 4 is 69.3 Å². The number of imide groups is 1. The van der Waals surface area contributed by atoms with E-state index in [2.05, 4.69) is 10.6 Å². The lowest BCUT2D eigenvalue weighted by atomic mass is 10.00. The lowest BCUT2D eigenvalue weighted by Crippen LogP contribution is -2.71. The maximum Gasteiger partial charge on any atom is 0.404 e. The number of urea groups is 1. The number of β-lactam (4-membered cyclic amide) rings is 1. The van der Waals surface area contributed by atoms with Crippen LogP contribution in [0.3, 0.4) is 0 Å². The van der Waals surface area contributed by atoms with Crippen molar-refractivity contribution in [2.45, 2.75) is 42.3 Å². The van der Waals surface area contributed by atoms with E-state index < -0.39 is 75.4 Å². The number of hydrogen-bond acceptors (Lipinski definition) is 13. The molecule has 7 rings (SSSR count). The lowest BCUT2D eigenvalue weighted by Gasteiger charge is -2.50. The Labute approximate surface area is 377 Å². The van der Waals surface area contributed by atoms with E-state index in [9.17, 15) is 42.0 Å². The van der Waals surface area contributed by atoms with E-state index >= 15 is 0 Å². The number of likely N-dealkylation sites (N-methyl/N-ethyl adjacent to an activating group) is 1. The summed E-state index contributed by atoms with van der Waals surface area (Å²) in [6.07, 6.45) is -1.94. The number of esters is 1. The van der Waals surface area contributed by atoms with Gasteiger partial charge in [-0.2, -0.15) is 8.42 Å². The van der Waals surface area contributed by atoms with Gasteiger partial charge in [-0.3, -0.25) is 33.5 Å². The molecule has 0 unspecified atom stereocenters. The SMILES string of the molecule is CCN1CCN(C(=O)N[C@@H](C(=O)N[C@@H]2C(=O)N3C(C(=O)OC(c4ccccc4)c4ccccc4)=C(COC(N)=O)CS[C@H]23)c2ccc(N)cc2)C(=O)C1=O.Cc1ccc(S(=O)(=O)O)cc1. The van der Waals surface area contributed by atoms with Crippen molar-refractivity contribution in [2.24, 2.45) is 5.73 Å². The molecular weight excluding hydrogens is 883 g/mol. The number of nitrogen functional groups attached to an aromatic ring is 1. The van der Waals surface area contributed by atoms with Crippen LogP contribution >= 0.6 is 11.8 Å². The van der Waals surface area contributed by atoms with Crippen LogP contribution in [0.1, 0.15) is 41.3 Å². The Bertz CT molecular complexity index is 2560. The van der Waals surface area contributed by atoms with Crippen molar-refractivity contribution in [3.8, 4) is 0 Å². The van der Waals surface area contributed by atoms with Crippen molar-refractivity contribution in [1.29, 1.82) is 0 Å².